The molecule has 2 amide bonds. The maximum Gasteiger partial charge on any atom is 0.319 e. The monoisotopic (exact) mass is 572 g/mol. The van der Waals surface area contributed by atoms with Crippen LogP contribution in [0.4, 0.5) is 4.79 Å². The number of urea groups is 1. The van der Waals surface area contributed by atoms with Crippen molar-refractivity contribution in [3.05, 3.63) is 108 Å². The predicted octanol–water partition coefficient (Wildman–Crippen LogP) is 1.23. The van der Waals surface area contributed by atoms with Crippen LogP contribution in [-0.2, 0) is 14.3 Å². The normalized spacial score (nSPS) is 26.7. The Bertz CT molecular complexity index is 1520. The molecule has 5 rings (SSSR count). The second-order valence-corrected chi connectivity index (χ2v) is 10.1. The van der Waals surface area contributed by atoms with Gasteiger partial charge in [-0.1, -0.05) is 91.0 Å². The molecular weight excluding hydrogens is 544 g/mol. The minimum absolute atomic E-state index is 0.0973. The van der Waals surface area contributed by atoms with Crippen LogP contribution in [0.5, 0.6) is 0 Å². The lowest BCUT2D eigenvalue weighted by atomic mass is 9.69. The molecule has 2 heterocycles. The highest BCUT2D eigenvalue weighted by atomic mass is 16.6. The van der Waals surface area contributed by atoms with E-state index in [2.05, 4.69) is 5.32 Å². The molecule has 0 spiro atoms. The largest absolute Gasteiger partial charge is 0.380 e. The number of carbonyl (C=O) groups is 5. The smallest absolute Gasteiger partial charge is 0.319 e. The number of aliphatic hydroxyl groups excluding tert-OH is 1. The molecule has 0 aromatic heterocycles. The summed E-state index contributed by atoms with van der Waals surface area (Å²) in [7, 11) is 0. The number of rotatable bonds is 8. The third kappa shape index (κ3) is 4.72. The zero-order chi connectivity index (χ0) is 30.1. The molecule has 0 bridgehead atoms. The van der Waals surface area contributed by atoms with Crippen molar-refractivity contribution in [2.45, 2.75) is 36.1 Å². The van der Waals surface area contributed by atoms with Crippen LogP contribution in [0, 0.1) is 0 Å². The van der Waals surface area contributed by atoms with E-state index >= 15 is 0 Å². The first-order valence-corrected chi connectivity index (χ1v) is 13.2. The van der Waals surface area contributed by atoms with Gasteiger partial charge in [-0.2, -0.15) is 0 Å². The van der Waals surface area contributed by atoms with Crippen LogP contribution < -0.4 is 5.32 Å². The summed E-state index contributed by atoms with van der Waals surface area (Å²) in [5, 5.41) is 38.2. The first kappa shape index (κ1) is 29.0. The van der Waals surface area contributed by atoms with E-state index in [1.807, 2.05) is 0 Å². The molecule has 216 valence electrons. The molecule has 2 aliphatic rings. The van der Waals surface area contributed by atoms with Gasteiger partial charge in [0, 0.05) is 24.1 Å². The summed E-state index contributed by atoms with van der Waals surface area (Å²) in [4.78, 5) is 68.3. The molecule has 4 N–H and O–H groups in total. The van der Waals surface area contributed by atoms with Crippen LogP contribution in [0.3, 0.4) is 0 Å². The Balaban J connectivity index is 1.73. The second kappa shape index (κ2) is 11.4. The van der Waals surface area contributed by atoms with Crippen molar-refractivity contribution < 1.29 is 44.0 Å². The summed E-state index contributed by atoms with van der Waals surface area (Å²) >= 11 is 0. The quantitative estimate of drug-likeness (QED) is 0.290. The van der Waals surface area contributed by atoms with Crippen molar-refractivity contribution in [3.8, 4) is 0 Å². The molecule has 11 heteroatoms. The average Bonchev–Trinajstić information content (AvgIpc) is 3.14. The van der Waals surface area contributed by atoms with Crippen LogP contribution in [0.1, 0.15) is 38.8 Å². The maximum atomic E-state index is 14.2. The highest BCUT2D eigenvalue weighted by molar-refractivity contribution is 6.16. The highest BCUT2D eigenvalue weighted by Gasteiger charge is 2.76. The lowest BCUT2D eigenvalue weighted by molar-refractivity contribution is -0.149. The van der Waals surface area contributed by atoms with Crippen molar-refractivity contribution in [2.75, 3.05) is 13.1 Å². The number of benzene rings is 3. The lowest BCUT2D eigenvalue weighted by Crippen LogP contribution is -2.71. The Labute approximate surface area is 240 Å². The van der Waals surface area contributed by atoms with Gasteiger partial charge in [-0.05, 0) is 5.56 Å². The van der Waals surface area contributed by atoms with Gasteiger partial charge < -0.3 is 25.4 Å². The van der Waals surface area contributed by atoms with E-state index in [0.717, 1.165) is 4.90 Å². The third-order valence-electron chi connectivity index (χ3n) is 7.60. The van der Waals surface area contributed by atoms with E-state index in [4.69, 9.17) is 4.74 Å². The Morgan fingerprint density at radius 1 is 0.810 bits per heavy atom. The van der Waals surface area contributed by atoms with Crippen LogP contribution >= 0.6 is 0 Å². The number of ketones is 4. The number of amides is 2. The molecule has 11 nitrogen and oxygen atoms in total. The molecule has 1 unspecified atom stereocenters. The SMILES string of the molecule is O=C1CCN([C@@H]2O[C@H](C(=O)C(O)c3ccccc3)[C@](O)(C(=O)c3ccccc3)[C@]2(O)C(=O)c2ccccc2)C(=O)NC1. The summed E-state index contributed by atoms with van der Waals surface area (Å²) in [5.41, 5.74) is -6.85. The standard InChI is InChI=1S/C31H28N2O9/c34-22-16-17-33(29(39)32-18-22)28-31(41,26(38)21-14-8-3-9-15-21)30(40,25(37)20-12-6-2-7-13-20)27(42-28)24(36)23(35)19-10-4-1-5-11-19/h1-15,23,27-28,35,40-41H,16-18H2,(H,32,39)/t23?,27-,28-,30-,31+/m1/s1. The zero-order valence-corrected chi connectivity index (χ0v) is 22.3. The third-order valence-corrected chi connectivity index (χ3v) is 7.60. The van der Waals surface area contributed by atoms with Gasteiger partial charge in [-0.25, -0.2) is 4.79 Å². The summed E-state index contributed by atoms with van der Waals surface area (Å²) in [6.07, 6.45) is -6.59. The first-order valence-electron chi connectivity index (χ1n) is 13.2. The van der Waals surface area contributed by atoms with Crippen molar-refractivity contribution in [1.82, 2.24) is 10.2 Å². The molecule has 0 radical (unpaired) electrons. The molecule has 2 saturated heterocycles. The summed E-state index contributed by atoms with van der Waals surface area (Å²) in [5.74, 6) is -4.05. The Hall–Kier alpha value is -4.55. The molecule has 2 fully saturated rings. The summed E-state index contributed by atoms with van der Waals surface area (Å²) < 4.78 is 5.89. The molecule has 0 saturated carbocycles. The van der Waals surface area contributed by atoms with E-state index in [-0.39, 0.29) is 42.0 Å². The van der Waals surface area contributed by atoms with Crippen molar-refractivity contribution in [1.29, 1.82) is 0 Å². The van der Waals surface area contributed by atoms with Gasteiger partial charge in [-0.15, -0.1) is 0 Å². The van der Waals surface area contributed by atoms with Gasteiger partial charge in [0.1, 0.15) is 6.10 Å². The number of nitrogens with one attached hydrogen (secondary N) is 1. The molecule has 0 aliphatic carbocycles. The number of carbonyl (C=O) groups excluding carboxylic acids is 5. The number of Topliss-reactive ketones (excluding diaryl/α,β-unsaturated/α-hetero) is 4. The molecular formula is C31H28N2O9. The number of hydrogen-bond acceptors (Lipinski definition) is 9. The maximum absolute atomic E-state index is 14.2. The molecule has 5 atom stereocenters. The van der Waals surface area contributed by atoms with Gasteiger partial charge in [-0.3, -0.25) is 24.1 Å². The van der Waals surface area contributed by atoms with Crippen molar-refractivity contribution in [3.63, 3.8) is 0 Å². The molecule has 42 heavy (non-hydrogen) atoms. The van der Waals surface area contributed by atoms with Gasteiger partial charge in [0.25, 0.3) is 0 Å². The first-order chi connectivity index (χ1) is 20.1. The average molecular weight is 573 g/mol. The van der Waals surface area contributed by atoms with E-state index < -0.39 is 53.0 Å². The van der Waals surface area contributed by atoms with Crippen LogP contribution in [-0.4, -0.2) is 86.0 Å². The highest BCUT2D eigenvalue weighted by Crippen LogP contribution is 2.47. The van der Waals surface area contributed by atoms with Gasteiger partial charge in [0.15, 0.2) is 23.9 Å². The fourth-order valence-corrected chi connectivity index (χ4v) is 5.36. The molecule has 3 aromatic carbocycles. The molecule has 3 aromatic rings. The molecule has 2 aliphatic heterocycles. The second-order valence-electron chi connectivity index (χ2n) is 10.1. The minimum atomic E-state index is -3.34. The van der Waals surface area contributed by atoms with Gasteiger partial charge >= 0.3 is 6.03 Å². The van der Waals surface area contributed by atoms with E-state index in [0.29, 0.717) is 0 Å². The van der Waals surface area contributed by atoms with Crippen LogP contribution in [0.2, 0.25) is 0 Å². The van der Waals surface area contributed by atoms with Gasteiger partial charge in [0.05, 0.1) is 6.54 Å². The fraction of sp³-hybridized carbons (Fsp3) is 0.258. The summed E-state index contributed by atoms with van der Waals surface area (Å²) in [6.45, 7) is -0.702. The fourth-order valence-electron chi connectivity index (χ4n) is 5.36. The summed E-state index contributed by atoms with van der Waals surface area (Å²) in [6, 6.07) is 21.1. The van der Waals surface area contributed by atoms with Gasteiger partial charge in [0.2, 0.25) is 22.8 Å². The number of hydrogen-bond donors (Lipinski definition) is 4. The Kier molecular flexibility index (Phi) is 7.85. The van der Waals surface area contributed by atoms with Crippen molar-refractivity contribution >= 4 is 29.2 Å². The topological polar surface area (TPSA) is 171 Å². The number of aliphatic hydroxyl groups is 3. The lowest BCUT2D eigenvalue weighted by Gasteiger charge is -2.40. The Morgan fingerprint density at radius 2 is 1.31 bits per heavy atom. The van der Waals surface area contributed by atoms with E-state index in [1.165, 1.54) is 60.7 Å². The van der Waals surface area contributed by atoms with Crippen LogP contribution in [0.25, 0.3) is 0 Å². The van der Waals surface area contributed by atoms with Crippen LogP contribution in [0.15, 0.2) is 91.0 Å². The predicted molar refractivity (Wildman–Crippen MR) is 146 cm³/mol. The zero-order valence-electron chi connectivity index (χ0n) is 22.3. The number of ether oxygens (including phenoxy) is 1. The van der Waals surface area contributed by atoms with Crippen molar-refractivity contribution in [2.24, 2.45) is 0 Å². The van der Waals surface area contributed by atoms with E-state index in [1.54, 1.807) is 30.3 Å². The van der Waals surface area contributed by atoms with E-state index in [9.17, 15) is 39.3 Å². The minimum Gasteiger partial charge on any atom is -0.380 e. The number of nitrogens with zero attached hydrogens (tertiary/aromatic N) is 1. The Morgan fingerprint density at radius 3 is 1.86 bits per heavy atom.